The molecule has 1 aromatic rings. The predicted molar refractivity (Wildman–Crippen MR) is 92.6 cm³/mol. The average molecular weight is 339 g/mol. The fourth-order valence-electron chi connectivity index (χ4n) is 2.73. The monoisotopic (exact) mass is 339 g/mol. The number of methoxy groups -OCH3 is 3. The zero-order valence-electron chi connectivity index (χ0n) is 14.4. The number of ether oxygens (including phenoxy) is 3. The fourth-order valence-corrected chi connectivity index (χ4v) is 4.81. The van der Waals surface area contributed by atoms with Crippen molar-refractivity contribution in [3.05, 3.63) is 11.1 Å². The summed E-state index contributed by atoms with van der Waals surface area (Å²) >= 11 is 0. The molecule has 1 N–H and O–H groups in total. The summed E-state index contributed by atoms with van der Waals surface area (Å²) in [7, 11) is 4.42. The van der Waals surface area contributed by atoms with Crippen LogP contribution in [0.15, 0.2) is 10.7 Å². The first-order valence-corrected chi connectivity index (χ1v) is 8.59. The van der Waals surface area contributed by atoms with E-state index in [9.17, 15) is 4.79 Å². The van der Waals surface area contributed by atoms with Crippen molar-refractivity contribution in [3.8, 4) is 15.9 Å². The number of hydrogen-bond acceptors (Lipinski definition) is 5. The van der Waals surface area contributed by atoms with Crippen molar-refractivity contribution in [2.75, 3.05) is 21.3 Å². The molecule has 0 radical (unpaired) electrons. The van der Waals surface area contributed by atoms with Gasteiger partial charge in [-0.05, 0) is 13.8 Å². The summed E-state index contributed by atoms with van der Waals surface area (Å²) < 4.78 is 16.6. The maximum absolute atomic E-state index is 11.4. The van der Waals surface area contributed by atoms with Gasteiger partial charge in [0.25, 0.3) is 0 Å². The average Bonchev–Trinajstić information content (AvgIpc) is 2.77. The zero-order valence-corrected chi connectivity index (χ0v) is 15.2. The molecule has 2 heterocycles. The molecule has 2 rings (SSSR count). The van der Waals surface area contributed by atoms with Crippen LogP contribution in [-0.2, 0) is 4.79 Å². The summed E-state index contributed by atoms with van der Waals surface area (Å²) in [5.41, 5.74) is 5.36. The van der Waals surface area contributed by atoms with Gasteiger partial charge in [-0.1, -0.05) is 6.92 Å². The van der Waals surface area contributed by atoms with Gasteiger partial charge in [0, 0.05) is 17.9 Å². The molecule has 0 fully saturated rings. The number of carbonyl (C=O) groups is 1. The second-order valence-electron chi connectivity index (χ2n) is 5.42. The van der Waals surface area contributed by atoms with Crippen LogP contribution in [0, 0.1) is 12.8 Å². The van der Waals surface area contributed by atoms with Crippen LogP contribution in [0.2, 0.25) is 0 Å². The molecule has 0 saturated heterocycles. The SMILES string of the molecule is COc1c(C)c(OC)[s+](C=C(C)C2=NNC(=O)CC2C)c1OC. The van der Waals surface area contributed by atoms with Crippen molar-refractivity contribution in [1.29, 1.82) is 0 Å². The number of rotatable bonds is 5. The second kappa shape index (κ2) is 7.04. The molecule has 2 atom stereocenters. The molecule has 1 amide bonds. The Morgan fingerprint density at radius 1 is 1.26 bits per heavy atom. The Hall–Kier alpha value is -2.02. The number of carbonyl (C=O) groups excluding carboxylic acids is 1. The normalized spacial score (nSPS) is 19.1. The summed E-state index contributed by atoms with van der Waals surface area (Å²) in [6, 6.07) is 0. The maximum atomic E-state index is 11.4. The Morgan fingerprint density at radius 3 is 2.43 bits per heavy atom. The number of hydrogen-bond donors (Lipinski definition) is 1. The van der Waals surface area contributed by atoms with Gasteiger partial charge in [0.05, 0.1) is 43.1 Å². The van der Waals surface area contributed by atoms with Gasteiger partial charge >= 0.3 is 10.1 Å². The molecule has 1 aliphatic heterocycles. The molecular weight excluding hydrogens is 316 g/mol. The quantitative estimate of drug-likeness (QED) is 0.837. The van der Waals surface area contributed by atoms with E-state index >= 15 is 0 Å². The molecule has 6 nitrogen and oxygen atoms in total. The summed E-state index contributed by atoms with van der Waals surface area (Å²) in [4.78, 5) is 11.4. The van der Waals surface area contributed by atoms with Gasteiger partial charge in [-0.3, -0.25) is 4.79 Å². The smallest absolute Gasteiger partial charge is 0.381 e. The summed E-state index contributed by atoms with van der Waals surface area (Å²) in [5.74, 6) is 0.743. The number of amides is 1. The highest BCUT2D eigenvalue weighted by atomic mass is 32.2. The van der Waals surface area contributed by atoms with Gasteiger partial charge in [0.15, 0.2) is 5.41 Å². The van der Waals surface area contributed by atoms with Gasteiger partial charge in [-0.15, -0.1) is 0 Å². The molecule has 1 aliphatic rings. The molecule has 1 aromatic heterocycles. The van der Waals surface area contributed by atoms with E-state index < -0.39 is 10.5 Å². The highest BCUT2D eigenvalue weighted by Crippen LogP contribution is 2.56. The molecular formula is C16H23N2O4S+. The second-order valence-corrected chi connectivity index (χ2v) is 7.07. The van der Waals surface area contributed by atoms with Crippen molar-refractivity contribution in [2.24, 2.45) is 11.0 Å². The molecule has 2 unspecified atom stereocenters. The Labute approximate surface area is 139 Å². The van der Waals surface area contributed by atoms with Crippen LogP contribution in [0.5, 0.6) is 15.9 Å². The van der Waals surface area contributed by atoms with E-state index in [1.807, 2.05) is 20.8 Å². The molecule has 0 aliphatic carbocycles. The number of hydrazone groups is 1. The highest BCUT2D eigenvalue weighted by Gasteiger charge is 2.34. The van der Waals surface area contributed by atoms with Crippen molar-refractivity contribution in [3.63, 3.8) is 0 Å². The van der Waals surface area contributed by atoms with Crippen molar-refractivity contribution in [1.82, 2.24) is 5.43 Å². The molecule has 7 heteroatoms. The van der Waals surface area contributed by atoms with Crippen molar-refractivity contribution in [2.45, 2.75) is 27.2 Å². The zero-order chi connectivity index (χ0) is 17.1. The van der Waals surface area contributed by atoms with E-state index in [2.05, 4.69) is 15.9 Å². The molecule has 0 spiro atoms. The van der Waals surface area contributed by atoms with Gasteiger partial charge in [-0.2, -0.15) is 5.10 Å². The minimum absolute atomic E-state index is 0.0511. The van der Waals surface area contributed by atoms with E-state index in [0.29, 0.717) is 12.2 Å². The third-order valence-corrected chi connectivity index (χ3v) is 5.98. The maximum Gasteiger partial charge on any atom is 0.381 e. The molecule has 0 saturated carbocycles. The van der Waals surface area contributed by atoms with Crippen LogP contribution < -0.4 is 19.6 Å². The third kappa shape index (κ3) is 3.19. The van der Waals surface area contributed by atoms with E-state index in [1.54, 1.807) is 21.3 Å². The Bertz CT molecular complexity index is 676. The molecule has 23 heavy (non-hydrogen) atoms. The lowest BCUT2D eigenvalue weighted by Crippen LogP contribution is -2.31. The molecule has 0 aromatic carbocycles. The first-order valence-electron chi connectivity index (χ1n) is 7.30. The lowest BCUT2D eigenvalue weighted by atomic mass is 9.96. The summed E-state index contributed by atoms with van der Waals surface area (Å²) in [6.07, 6.45) is 0.445. The standard InChI is InChI=1S/C16H22N2O4S/c1-9-7-12(19)17-18-13(9)10(2)8-23-15(21-5)11(3)14(20-4)16(23)22-6/h8-9H,7H2,1-6H3/p+1. The number of nitrogens with zero attached hydrogens (tertiary/aromatic N) is 1. The first-order chi connectivity index (χ1) is 10.9. The Balaban J connectivity index is 2.51. The van der Waals surface area contributed by atoms with Crippen molar-refractivity contribution < 1.29 is 19.0 Å². The fraction of sp³-hybridized carbons (Fsp3) is 0.500. The topological polar surface area (TPSA) is 69.2 Å². The lowest BCUT2D eigenvalue weighted by Gasteiger charge is -2.18. The highest BCUT2D eigenvalue weighted by molar-refractivity contribution is 7.45. The van der Waals surface area contributed by atoms with Crippen LogP contribution in [0.25, 0.3) is 5.41 Å². The molecule has 0 bridgehead atoms. The van der Waals surface area contributed by atoms with E-state index in [4.69, 9.17) is 14.2 Å². The van der Waals surface area contributed by atoms with Gasteiger partial charge in [0.2, 0.25) is 11.7 Å². The first kappa shape index (κ1) is 17.3. The number of thiophene rings is 1. The molecule has 126 valence electrons. The van der Waals surface area contributed by atoms with Crippen LogP contribution >= 0.6 is 10.5 Å². The lowest BCUT2D eigenvalue weighted by molar-refractivity contribution is -0.121. The number of nitrogens with one attached hydrogen (secondary N) is 1. The van der Waals surface area contributed by atoms with Crippen LogP contribution in [0.1, 0.15) is 25.8 Å². The van der Waals surface area contributed by atoms with Gasteiger partial charge in [0.1, 0.15) is 0 Å². The minimum atomic E-state index is -0.484. The predicted octanol–water partition coefficient (Wildman–Crippen LogP) is 3.14. The minimum Gasteiger partial charge on any atom is -0.488 e. The van der Waals surface area contributed by atoms with Crippen molar-refractivity contribution >= 4 is 27.5 Å². The number of allylic oxidation sites excluding steroid dienone is 1. The Morgan fingerprint density at radius 2 is 1.91 bits per heavy atom. The van der Waals surface area contributed by atoms with E-state index in [0.717, 1.165) is 27.0 Å². The van der Waals surface area contributed by atoms with Crippen LogP contribution in [0.3, 0.4) is 0 Å². The largest absolute Gasteiger partial charge is 0.488 e. The summed E-state index contributed by atoms with van der Waals surface area (Å²) in [6.45, 7) is 5.94. The van der Waals surface area contributed by atoms with Gasteiger partial charge < -0.3 is 14.2 Å². The summed E-state index contributed by atoms with van der Waals surface area (Å²) in [5, 5.41) is 7.84. The Kier molecular flexibility index (Phi) is 5.30. The third-order valence-electron chi connectivity index (χ3n) is 3.76. The van der Waals surface area contributed by atoms with E-state index in [1.165, 1.54) is 0 Å². The van der Waals surface area contributed by atoms with Crippen LogP contribution in [-0.4, -0.2) is 32.9 Å². The van der Waals surface area contributed by atoms with Crippen LogP contribution in [0.4, 0.5) is 0 Å². The van der Waals surface area contributed by atoms with Gasteiger partial charge in [-0.25, -0.2) is 5.43 Å². The van der Waals surface area contributed by atoms with E-state index in [-0.39, 0.29) is 11.8 Å².